The van der Waals surface area contributed by atoms with Crippen LogP contribution in [0.5, 0.6) is 0 Å². The normalized spacial score (nSPS) is 15.0. The molecule has 6 heteroatoms. The maximum atomic E-state index is 12.0. The number of aliphatic hydroxyl groups excluding tert-OH is 1. The number of nitrogens with zero attached hydrogens (tertiary/aromatic N) is 1. The zero-order valence-electron chi connectivity index (χ0n) is 14.5. The van der Waals surface area contributed by atoms with Gasteiger partial charge >= 0.3 is 0 Å². The van der Waals surface area contributed by atoms with Crippen LogP contribution in [-0.4, -0.2) is 34.3 Å². The van der Waals surface area contributed by atoms with Crippen LogP contribution in [0, 0.1) is 0 Å². The Hall–Kier alpha value is -2.21. The van der Waals surface area contributed by atoms with Crippen LogP contribution in [0.2, 0.25) is 0 Å². The smallest absolute Gasteiger partial charge is 0.224 e. The van der Waals surface area contributed by atoms with Gasteiger partial charge in [0.05, 0.1) is 5.71 Å². The lowest BCUT2D eigenvalue weighted by Gasteiger charge is -2.18. The molecular formula is C19H26N2O4. The molecule has 0 saturated carbocycles. The van der Waals surface area contributed by atoms with Crippen molar-refractivity contribution in [1.82, 2.24) is 0 Å². The van der Waals surface area contributed by atoms with E-state index < -0.39 is 0 Å². The Balaban J connectivity index is 1.73. The van der Waals surface area contributed by atoms with E-state index in [9.17, 15) is 9.59 Å². The molecule has 1 aromatic rings. The number of Topliss-reactive ketones (excluding diaryl/α,β-unsaturated/α-hetero) is 1. The molecule has 6 nitrogen and oxygen atoms in total. The molecule has 0 fully saturated rings. The van der Waals surface area contributed by atoms with Gasteiger partial charge in [-0.3, -0.25) is 9.59 Å². The monoisotopic (exact) mass is 346 g/mol. The number of hydrogen-bond donors (Lipinski definition) is 3. The number of aliphatic hydroxyl groups is 1. The fraction of sp³-hybridized carbons (Fsp3) is 0.526. The van der Waals surface area contributed by atoms with Gasteiger partial charge in [-0.15, -0.1) is 0 Å². The number of hydrogen-bond acceptors (Lipinski definition) is 5. The van der Waals surface area contributed by atoms with Crippen molar-refractivity contribution in [2.24, 2.45) is 5.16 Å². The molecule has 0 unspecified atom stereocenters. The third-order valence-electron chi connectivity index (χ3n) is 4.47. The van der Waals surface area contributed by atoms with Crippen LogP contribution in [0.15, 0.2) is 23.4 Å². The van der Waals surface area contributed by atoms with Crippen molar-refractivity contribution in [2.75, 3.05) is 11.9 Å². The lowest BCUT2D eigenvalue weighted by Crippen LogP contribution is -2.15. The van der Waals surface area contributed by atoms with Crippen molar-refractivity contribution in [2.45, 2.75) is 57.8 Å². The second-order valence-corrected chi connectivity index (χ2v) is 6.43. The number of carbonyl (C=O) groups excluding carboxylic acids is 2. The predicted molar refractivity (Wildman–Crippen MR) is 96.1 cm³/mol. The van der Waals surface area contributed by atoms with Crippen LogP contribution in [0.4, 0.5) is 5.69 Å². The summed E-state index contributed by atoms with van der Waals surface area (Å²) in [7, 11) is 0. The summed E-state index contributed by atoms with van der Waals surface area (Å²) >= 11 is 0. The number of amides is 1. The molecule has 0 spiro atoms. The van der Waals surface area contributed by atoms with Crippen LogP contribution in [-0.2, 0) is 16.0 Å². The van der Waals surface area contributed by atoms with Crippen LogP contribution >= 0.6 is 0 Å². The van der Waals surface area contributed by atoms with Crippen LogP contribution < -0.4 is 5.32 Å². The van der Waals surface area contributed by atoms with E-state index in [-0.39, 0.29) is 18.3 Å². The standard InChI is InChI=1S/C19H26N2O4/c22-13-16(23)7-3-1-2-4-9-19(24)20-15-10-11-17-14(12-15)6-5-8-18(17)21-25/h10-12,22,25H,1-9,13H2,(H,20,24)/b21-18+. The highest BCUT2D eigenvalue weighted by Crippen LogP contribution is 2.25. The summed E-state index contributed by atoms with van der Waals surface area (Å²) in [4.78, 5) is 23.0. The molecule has 0 aromatic heterocycles. The minimum atomic E-state index is -0.380. The van der Waals surface area contributed by atoms with Crippen molar-refractivity contribution in [3.05, 3.63) is 29.3 Å². The molecule has 0 saturated heterocycles. The summed E-state index contributed by atoms with van der Waals surface area (Å²) in [5, 5.41) is 23.9. The Kier molecular flexibility index (Phi) is 7.60. The fourth-order valence-corrected chi connectivity index (χ4v) is 3.11. The minimum absolute atomic E-state index is 0.0155. The first-order valence-corrected chi connectivity index (χ1v) is 8.90. The number of rotatable bonds is 9. The van der Waals surface area contributed by atoms with E-state index in [1.807, 2.05) is 18.2 Å². The van der Waals surface area contributed by atoms with E-state index in [1.165, 1.54) is 0 Å². The topological polar surface area (TPSA) is 99.0 Å². The van der Waals surface area contributed by atoms with Gasteiger partial charge in [0, 0.05) is 24.1 Å². The molecule has 1 aromatic carbocycles. The molecule has 1 amide bonds. The molecule has 0 radical (unpaired) electrons. The Labute approximate surface area is 147 Å². The van der Waals surface area contributed by atoms with Crippen LogP contribution in [0.3, 0.4) is 0 Å². The van der Waals surface area contributed by atoms with Gasteiger partial charge in [-0.05, 0) is 49.8 Å². The van der Waals surface area contributed by atoms with Crippen molar-refractivity contribution >= 4 is 23.1 Å². The number of anilines is 1. The van der Waals surface area contributed by atoms with Gasteiger partial charge in [-0.1, -0.05) is 24.1 Å². The summed E-state index contributed by atoms with van der Waals surface area (Å²) in [6, 6.07) is 5.70. The maximum Gasteiger partial charge on any atom is 0.224 e. The average Bonchev–Trinajstić information content (AvgIpc) is 2.63. The van der Waals surface area contributed by atoms with Gasteiger partial charge in [0.25, 0.3) is 0 Å². The lowest BCUT2D eigenvalue weighted by molar-refractivity contribution is -0.122. The second kappa shape index (κ2) is 9.93. The number of unbranched alkanes of at least 4 members (excludes halogenated alkanes) is 3. The number of benzene rings is 1. The minimum Gasteiger partial charge on any atom is -0.411 e. The Morgan fingerprint density at radius 3 is 2.56 bits per heavy atom. The average molecular weight is 346 g/mol. The van der Waals surface area contributed by atoms with Gasteiger partial charge in [0.15, 0.2) is 5.78 Å². The molecule has 0 heterocycles. The summed E-state index contributed by atoms with van der Waals surface area (Å²) in [6.07, 6.45) is 6.84. The first-order valence-electron chi connectivity index (χ1n) is 8.90. The Bertz CT molecular complexity index is 640. The second-order valence-electron chi connectivity index (χ2n) is 6.43. The van der Waals surface area contributed by atoms with E-state index in [0.29, 0.717) is 18.6 Å². The molecule has 25 heavy (non-hydrogen) atoms. The largest absolute Gasteiger partial charge is 0.411 e. The predicted octanol–water partition coefficient (Wildman–Crippen LogP) is 3.04. The lowest BCUT2D eigenvalue weighted by atomic mass is 9.90. The summed E-state index contributed by atoms with van der Waals surface area (Å²) in [5.41, 5.74) is 3.55. The highest BCUT2D eigenvalue weighted by Gasteiger charge is 2.16. The molecule has 3 N–H and O–H groups in total. The maximum absolute atomic E-state index is 12.0. The number of aryl methyl sites for hydroxylation is 1. The Morgan fingerprint density at radius 1 is 1.08 bits per heavy atom. The van der Waals surface area contributed by atoms with Gasteiger partial charge in [0.1, 0.15) is 6.61 Å². The van der Waals surface area contributed by atoms with E-state index in [2.05, 4.69) is 10.5 Å². The van der Waals surface area contributed by atoms with Crippen molar-refractivity contribution in [1.29, 1.82) is 0 Å². The number of nitrogens with one attached hydrogen (secondary N) is 1. The highest BCUT2D eigenvalue weighted by atomic mass is 16.4. The quantitative estimate of drug-likeness (QED) is 0.363. The third-order valence-corrected chi connectivity index (χ3v) is 4.47. The van der Waals surface area contributed by atoms with Gasteiger partial charge in [-0.25, -0.2) is 0 Å². The van der Waals surface area contributed by atoms with Crippen molar-refractivity contribution in [3.8, 4) is 0 Å². The third kappa shape index (κ3) is 5.98. The number of oxime groups is 1. The van der Waals surface area contributed by atoms with E-state index in [4.69, 9.17) is 10.3 Å². The van der Waals surface area contributed by atoms with Crippen LogP contribution in [0.25, 0.3) is 0 Å². The number of fused-ring (bicyclic) bond motifs is 1. The van der Waals surface area contributed by atoms with Crippen LogP contribution in [0.1, 0.15) is 62.5 Å². The SMILES string of the molecule is O=C(CO)CCCCCCC(=O)Nc1ccc2c(c1)CCC/C2=N\O. The molecular weight excluding hydrogens is 320 g/mol. The first-order chi connectivity index (χ1) is 12.1. The van der Waals surface area contributed by atoms with Gasteiger partial charge in [0.2, 0.25) is 5.91 Å². The fourth-order valence-electron chi connectivity index (χ4n) is 3.11. The van der Waals surface area contributed by atoms with E-state index in [0.717, 1.165) is 61.8 Å². The molecule has 1 aliphatic rings. The molecule has 1 aliphatic carbocycles. The van der Waals surface area contributed by atoms with Crippen molar-refractivity contribution < 1.29 is 19.9 Å². The molecule has 0 aliphatic heterocycles. The summed E-state index contributed by atoms with van der Waals surface area (Å²) in [5.74, 6) is -0.141. The van der Waals surface area contributed by atoms with E-state index in [1.54, 1.807) is 0 Å². The molecule has 2 rings (SSSR count). The number of ketones is 1. The number of carbonyl (C=O) groups is 2. The molecule has 0 atom stereocenters. The Morgan fingerprint density at radius 2 is 1.84 bits per heavy atom. The van der Waals surface area contributed by atoms with E-state index >= 15 is 0 Å². The highest BCUT2D eigenvalue weighted by molar-refractivity contribution is 6.03. The summed E-state index contributed by atoms with van der Waals surface area (Å²) in [6.45, 7) is -0.380. The zero-order valence-corrected chi connectivity index (χ0v) is 14.5. The van der Waals surface area contributed by atoms with Crippen molar-refractivity contribution in [3.63, 3.8) is 0 Å². The molecule has 136 valence electrons. The zero-order chi connectivity index (χ0) is 18.1. The van der Waals surface area contributed by atoms with Gasteiger partial charge < -0.3 is 15.6 Å². The van der Waals surface area contributed by atoms with Gasteiger partial charge in [-0.2, -0.15) is 0 Å². The summed E-state index contributed by atoms with van der Waals surface area (Å²) < 4.78 is 0. The first kappa shape index (κ1) is 19.1. The molecule has 0 bridgehead atoms.